The summed E-state index contributed by atoms with van der Waals surface area (Å²) in [5.41, 5.74) is 2.52. The fraction of sp³-hybridized carbons (Fsp3) is 0.176. The Labute approximate surface area is 108 Å². The number of hydrogen-bond acceptors (Lipinski definition) is 0. The molecular formula is C17H17N. The topological polar surface area (TPSA) is 4.93 Å². The highest BCUT2D eigenvalue weighted by molar-refractivity contribution is 5.83. The van der Waals surface area contributed by atoms with Gasteiger partial charge in [0.1, 0.15) is 0 Å². The number of nitrogens with zero attached hydrogens (tertiary/aromatic N) is 1. The summed E-state index contributed by atoms with van der Waals surface area (Å²) >= 11 is 0. The summed E-state index contributed by atoms with van der Waals surface area (Å²) < 4.78 is 2.21. The van der Waals surface area contributed by atoms with Gasteiger partial charge in [0.2, 0.25) is 0 Å². The van der Waals surface area contributed by atoms with Crippen LogP contribution in [-0.2, 0) is 6.42 Å². The van der Waals surface area contributed by atoms with E-state index in [1.807, 2.05) is 25.3 Å². The molecule has 2 aromatic rings. The van der Waals surface area contributed by atoms with E-state index in [1.54, 1.807) is 0 Å². The number of aryl methyl sites for hydroxylation is 1. The van der Waals surface area contributed by atoms with Crippen LogP contribution in [0.1, 0.15) is 19.0 Å². The minimum Gasteiger partial charge on any atom is -0.320 e. The first-order valence-electron chi connectivity index (χ1n) is 6.15. The third-order valence-electron chi connectivity index (χ3n) is 2.88. The van der Waals surface area contributed by atoms with Crippen molar-refractivity contribution in [3.05, 3.63) is 54.8 Å². The van der Waals surface area contributed by atoms with E-state index in [9.17, 15) is 0 Å². The average molecular weight is 235 g/mol. The van der Waals surface area contributed by atoms with Gasteiger partial charge in [-0.15, -0.1) is 12.5 Å². The maximum Gasteiger partial charge on any atom is 0.0525 e. The Morgan fingerprint density at radius 3 is 2.94 bits per heavy atom. The van der Waals surface area contributed by atoms with Crippen molar-refractivity contribution in [1.29, 1.82) is 0 Å². The molecule has 0 saturated carbocycles. The Bertz CT molecular complexity index is 632. The number of para-hydroxylation sites is 1. The van der Waals surface area contributed by atoms with Crippen molar-refractivity contribution in [3.63, 3.8) is 0 Å². The van der Waals surface area contributed by atoms with Crippen molar-refractivity contribution in [2.24, 2.45) is 0 Å². The first-order chi connectivity index (χ1) is 8.86. The molecule has 0 unspecified atom stereocenters. The van der Waals surface area contributed by atoms with Crippen LogP contribution in [0.15, 0.2) is 49.1 Å². The quantitative estimate of drug-likeness (QED) is 0.551. The molecule has 0 atom stereocenters. The zero-order chi connectivity index (χ0) is 12.8. The zero-order valence-electron chi connectivity index (χ0n) is 10.7. The Morgan fingerprint density at radius 1 is 1.33 bits per heavy atom. The SMILES string of the molecule is C=CCCc1cc2ccccc2n1/C=C/C#CC. The molecule has 0 spiro atoms. The van der Waals surface area contributed by atoms with Gasteiger partial charge in [-0.25, -0.2) is 0 Å². The molecule has 90 valence electrons. The monoisotopic (exact) mass is 235 g/mol. The van der Waals surface area contributed by atoms with Crippen molar-refractivity contribution in [2.75, 3.05) is 0 Å². The molecule has 0 saturated heterocycles. The fourth-order valence-electron chi connectivity index (χ4n) is 2.05. The van der Waals surface area contributed by atoms with Crippen LogP contribution < -0.4 is 0 Å². The van der Waals surface area contributed by atoms with E-state index < -0.39 is 0 Å². The normalized spacial score (nSPS) is 10.5. The largest absolute Gasteiger partial charge is 0.320 e. The van der Waals surface area contributed by atoms with Gasteiger partial charge in [0.25, 0.3) is 0 Å². The van der Waals surface area contributed by atoms with E-state index in [-0.39, 0.29) is 0 Å². The lowest BCUT2D eigenvalue weighted by molar-refractivity contribution is 0.924. The number of benzene rings is 1. The molecule has 1 aromatic carbocycles. The van der Waals surface area contributed by atoms with Crippen LogP contribution in [0.5, 0.6) is 0 Å². The van der Waals surface area contributed by atoms with Crippen LogP contribution >= 0.6 is 0 Å². The third kappa shape index (κ3) is 2.55. The molecule has 0 aliphatic rings. The van der Waals surface area contributed by atoms with Crippen molar-refractivity contribution >= 4 is 17.1 Å². The molecule has 1 nitrogen and oxygen atoms in total. The van der Waals surface area contributed by atoms with Gasteiger partial charge in [-0.1, -0.05) is 30.2 Å². The van der Waals surface area contributed by atoms with E-state index in [4.69, 9.17) is 0 Å². The van der Waals surface area contributed by atoms with Gasteiger partial charge in [0.05, 0.1) is 5.52 Å². The summed E-state index contributed by atoms with van der Waals surface area (Å²) in [5, 5.41) is 1.27. The van der Waals surface area contributed by atoms with Gasteiger partial charge in [-0.05, 0) is 31.9 Å². The summed E-state index contributed by atoms with van der Waals surface area (Å²) in [6.45, 7) is 5.63. The minimum atomic E-state index is 0.990. The van der Waals surface area contributed by atoms with Gasteiger partial charge in [0, 0.05) is 23.4 Å². The number of hydrogen-bond donors (Lipinski definition) is 0. The van der Waals surface area contributed by atoms with Crippen LogP contribution in [0.2, 0.25) is 0 Å². The van der Waals surface area contributed by atoms with E-state index in [0.29, 0.717) is 0 Å². The van der Waals surface area contributed by atoms with Gasteiger partial charge in [-0.2, -0.15) is 0 Å². The van der Waals surface area contributed by atoms with Crippen LogP contribution in [0, 0.1) is 11.8 Å². The minimum absolute atomic E-state index is 0.990. The summed E-state index contributed by atoms with van der Waals surface area (Å²) in [6.07, 6.45) is 7.88. The fourth-order valence-corrected chi connectivity index (χ4v) is 2.05. The smallest absolute Gasteiger partial charge is 0.0525 e. The second kappa shape index (κ2) is 5.93. The predicted octanol–water partition coefficient (Wildman–Crippen LogP) is 4.25. The molecule has 0 amide bonds. The van der Waals surface area contributed by atoms with Crippen molar-refractivity contribution in [3.8, 4) is 11.8 Å². The van der Waals surface area contributed by atoms with Gasteiger partial charge in [-0.3, -0.25) is 0 Å². The average Bonchev–Trinajstić information content (AvgIpc) is 2.75. The van der Waals surface area contributed by atoms with Crippen molar-refractivity contribution in [1.82, 2.24) is 4.57 Å². The number of fused-ring (bicyclic) bond motifs is 1. The van der Waals surface area contributed by atoms with Crippen LogP contribution in [0.3, 0.4) is 0 Å². The van der Waals surface area contributed by atoms with Gasteiger partial charge in [0.15, 0.2) is 0 Å². The summed E-state index contributed by atoms with van der Waals surface area (Å²) in [7, 11) is 0. The Kier molecular flexibility index (Phi) is 4.04. The lowest BCUT2D eigenvalue weighted by Crippen LogP contribution is -1.94. The number of allylic oxidation sites excluding steroid dienone is 2. The van der Waals surface area contributed by atoms with E-state index in [0.717, 1.165) is 12.8 Å². The van der Waals surface area contributed by atoms with Crippen LogP contribution in [-0.4, -0.2) is 4.57 Å². The maximum atomic E-state index is 3.79. The number of aromatic nitrogens is 1. The van der Waals surface area contributed by atoms with Crippen molar-refractivity contribution in [2.45, 2.75) is 19.8 Å². The molecule has 0 bridgehead atoms. The second-order valence-corrected chi connectivity index (χ2v) is 4.10. The third-order valence-corrected chi connectivity index (χ3v) is 2.88. The Balaban J connectivity index is 2.48. The molecule has 0 N–H and O–H groups in total. The molecule has 0 radical (unpaired) electrons. The molecular weight excluding hydrogens is 218 g/mol. The highest BCUT2D eigenvalue weighted by atomic mass is 15.0. The van der Waals surface area contributed by atoms with Crippen LogP contribution in [0.25, 0.3) is 17.1 Å². The summed E-state index contributed by atoms with van der Waals surface area (Å²) in [6, 6.07) is 10.6. The first-order valence-corrected chi connectivity index (χ1v) is 6.15. The Morgan fingerprint density at radius 2 is 2.17 bits per heavy atom. The zero-order valence-corrected chi connectivity index (χ0v) is 10.7. The lowest BCUT2D eigenvalue weighted by atomic mass is 10.2. The first kappa shape index (κ1) is 12.3. The standard InChI is InChI=1S/C17H17N/c1-3-5-9-13-18-16(11-6-4-2)14-15-10-7-8-12-17(15)18/h4,7-10,12-14H,2,6,11H2,1H3/b13-9+. The van der Waals surface area contributed by atoms with E-state index >= 15 is 0 Å². The van der Waals surface area contributed by atoms with E-state index in [2.05, 4.69) is 53.3 Å². The highest BCUT2D eigenvalue weighted by Crippen LogP contribution is 2.21. The summed E-state index contributed by atoms with van der Waals surface area (Å²) in [4.78, 5) is 0. The molecule has 1 heterocycles. The molecule has 1 aromatic heterocycles. The molecule has 0 aliphatic heterocycles. The molecule has 2 rings (SSSR count). The Hall–Kier alpha value is -2.20. The molecule has 18 heavy (non-hydrogen) atoms. The highest BCUT2D eigenvalue weighted by Gasteiger charge is 2.05. The van der Waals surface area contributed by atoms with Gasteiger partial charge >= 0.3 is 0 Å². The van der Waals surface area contributed by atoms with Crippen LogP contribution in [0.4, 0.5) is 0 Å². The number of rotatable bonds is 4. The van der Waals surface area contributed by atoms with Gasteiger partial charge < -0.3 is 4.57 Å². The predicted molar refractivity (Wildman–Crippen MR) is 79.2 cm³/mol. The molecule has 1 heteroatoms. The molecule has 0 aliphatic carbocycles. The summed E-state index contributed by atoms with van der Waals surface area (Å²) in [5.74, 6) is 5.84. The second-order valence-electron chi connectivity index (χ2n) is 4.10. The molecule has 0 fully saturated rings. The maximum absolute atomic E-state index is 3.79. The lowest BCUT2D eigenvalue weighted by Gasteiger charge is -2.03. The van der Waals surface area contributed by atoms with E-state index in [1.165, 1.54) is 16.6 Å². The van der Waals surface area contributed by atoms with Crippen molar-refractivity contribution < 1.29 is 0 Å².